The van der Waals surface area contributed by atoms with Crippen molar-refractivity contribution >= 4 is 17.9 Å². The van der Waals surface area contributed by atoms with Gasteiger partial charge >= 0.3 is 23.8 Å². The van der Waals surface area contributed by atoms with Crippen molar-refractivity contribution in [3.05, 3.63) is 12.2 Å². The molecule has 0 aromatic heterocycles. The van der Waals surface area contributed by atoms with E-state index >= 15 is 0 Å². The molecule has 0 saturated heterocycles. The number of carbonyl (C=O) groups excluding carboxylic acids is 2. The monoisotopic (exact) mass is 430 g/mol. The van der Waals surface area contributed by atoms with Crippen LogP contribution in [0, 0.1) is 17.8 Å². The van der Waals surface area contributed by atoms with Crippen molar-refractivity contribution in [3.63, 3.8) is 0 Å². The molecule has 3 atom stereocenters. The van der Waals surface area contributed by atoms with Gasteiger partial charge in [-0.15, -0.1) is 0 Å². The summed E-state index contributed by atoms with van der Waals surface area (Å²) in [5.74, 6) is -8.06. The number of ether oxygens (including phenoxy) is 2. The zero-order valence-corrected chi connectivity index (χ0v) is 17.9. The van der Waals surface area contributed by atoms with Gasteiger partial charge in [0.2, 0.25) is 0 Å². The number of aliphatic carboxylic acids is 1. The summed E-state index contributed by atoms with van der Waals surface area (Å²) in [6.07, 6.45) is 3.36. The molecule has 6 nitrogen and oxygen atoms in total. The summed E-state index contributed by atoms with van der Waals surface area (Å²) in [5.41, 5.74) is -0.597. The Balaban J connectivity index is 2.10. The van der Waals surface area contributed by atoms with Crippen LogP contribution in [0.1, 0.15) is 72.1 Å². The van der Waals surface area contributed by atoms with Crippen molar-refractivity contribution in [2.24, 2.45) is 17.8 Å². The Hall–Kier alpha value is -1.99. The van der Waals surface area contributed by atoms with E-state index in [0.717, 1.165) is 25.7 Å². The van der Waals surface area contributed by atoms with Crippen LogP contribution in [0.5, 0.6) is 0 Å². The van der Waals surface area contributed by atoms with Gasteiger partial charge < -0.3 is 14.6 Å². The maximum Gasteiger partial charge on any atom is 0.378 e. The lowest BCUT2D eigenvalue weighted by Gasteiger charge is -2.46. The van der Waals surface area contributed by atoms with Crippen molar-refractivity contribution < 1.29 is 37.7 Å². The minimum atomic E-state index is -4.18. The fourth-order valence-electron chi connectivity index (χ4n) is 4.81. The Bertz CT molecular complexity index is 675. The normalized spacial score (nSPS) is 27.3. The van der Waals surface area contributed by atoms with E-state index in [0.29, 0.717) is 24.7 Å². The van der Waals surface area contributed by atoms with Crippen LogP contribution in [0.25, 0.3) is 0 Å². The molecular formula is C22H32F2O6. The molecule has 3 unspecified atom stereocenters. The minimum absolute atomic E-state index is 0.154. The van der Waals surface area contributed by atoms with Crippen molar-refractivity contribution in [2.75, 3.05) is 0 Å². The molecule has 0 heterocycles. The van der Waals surface area contributed by atoms with Gasteiger partial charge in [0.15, 0.2) is 6.10 Å². The standard InChI is InChI=1S/C22H32F2O6/c1-13(2)18(22(23,24)20(27)28)29-17(25)8-9-21(30-19(26)14(3)4)11-15-6-5-7-16(10-15)12-21/h13,15-16,18H,3,5-12H2,1-2,4H3,(H,27,28). The molecule has 0 amide bonds. The Kier molecular flexibility index (Phi) is 7.64. The molecule has 0 aromatic carbocycles. The molecule has 170 valence electrons. The fraction of sp³-hybridized carbons (Fsp3) is 0.773. The number of fused-ring (bicyclic) bond motifs is 2. The maximum atomic E-state index is 14.0. The number of rotatable bonds is 9. The molecule has 8 heteroatoms. The van der Waals surface area contributed by atoms with Crippen LogP contribution >= 0.6 is 0 Å². The van der Waals surface area contributed by atoms with Gasteiger partial charge in [-0.25, -0.2) is 9.59 Å². The highest BCUT2D eigenvalue weighted by molar-refractivity contribution is 5.87. The summed E-state index contributed by atoms with van der Waals surface area (Å²) in [7, 11) is 0. The molecule has 2 rings (SSSR count). The number of carbonyl (C=O) groups is 3. The third-order valence-electron chi connectivity index (χ3n) is 6.16. The third kappa shape index (κ3) is 5.79. The number of hydrogen-bond donors (Lipinski definition) is 1. The van der Waals surface area contributed by atoms with E-state index in [2.05, 4.69) is 6.58 Å². The number of esters is 2. The molecule has 2 bridgehead atoms. The van der Waals surface area contributed by atoms with Crippen LogP contribution in [0.15, 0.2) is 12.2 Å². The molecule has 30 heavy (non-hydrogen) atoms. The van der Waals surface area contributed by atoms with E-state index in [4.69, 9.17) is 14.6 Å². The van der Waals surface area contributed by atoms with E-state index < -0.39 is 41.5 Å². The van der Waals surface area contributed by atoms with Crippen molar-refractivity contribution in [1.82, 2.24) is 0 Å². The summed E-state index contributed by atoms with van der Waals surface area (Å²) in [4.78, 5) is 35.5. The molecule has 0 radical (unpaired) electrons. The molecular weight excluding hydrogens is 398 g/mol. The lowest BCUT2D eigenvalue weighted by molar-refractivity contribution is -0.200. The lowest BCUT2D eigenvalue weighted by Crippen LogP contribution is -2.48. The summed E-state index contributed by atoms with van der Waals surface area (Å²) >= 11 is 0. The van der Waals surface area contributed by atoms with E-state index in [-0.39, 0.29) is 18.4 Å². The average Bonchev–Trinajstić information content (AvgIpc) is 2.63. The molecule has 1 N–H and O–H groups in total. The SMILES string of the molecule is C=C(C)C(=O)OC1(CCC(=O)OC(C(C)C)C(F)(F)C(=O)O)CC2CCCC(C2)C1. The number of halogens is 2. The number of carboxylic acid groups (broad SMARTS) is 1. The summed E-state index contributed by atoms with van der Waals surface area (Å²) in [5, 5.41) is 8.78. The topological polar surface area (TPSA) is 89.9 Å². The zero-order chi connectivity index (χ0) is 22.7. The highest BCUT2D eigenvalue weighted by atomic mass is 19.3. The molecule has 2 fully saturated rings. The number of alkyl halides is 2. The summed E-state index contributed by atoms with van der Waals surface area (Å²) < 4.78 is 38.6. The molecule has 2 aliphatic rings. The summed E-state index contributed by atoms with van der Waals surface area (Å²) in [6.45, 7) is 7.90. The van der Waals surface area contributed by atoms with Crippen LogP contribution in [0.2, 0.25) is 0 Å². The first-order chi connectivity index (χ1) is 13.9. The van der Waals surface area contributed by atoms with Gasteiger partial charge in [-0.1, -0.05) is 39.7 Å². The van der Waals surface area contributed by atoms with E-state index in [1.54, 1.807) is 6.92 Å². The van der Waals surface area contributed by atoms with E-state index in [1.807, 2.05) is 0 Å². The molecule has 0 aromatic rings. The first kappa shape index (κ1) is 24.3. The van der Waals surface area contributed by atoms with Gasteiger partial charge in [0.05, 0.1) is 0 Å². The van der Waals surface area contributed by atoms with Crippen LogP contribution in [0.4, 0.5) is 8.78 Å². The first-order valence-corrected chi connectivity index (χ1v) is 10.6. The Labute approximate surface area is 176 Å². The van der Waals surface area contributed by atoms with Gasteiger partial charge in [0, 0.05) is 12.0 Å². The molecule has 0 spiro atoms. The minimum Gasteiger partial charge on any atom is -0.477 e. The first-order valence-electron chi connectivity index (χ1n) is 10.6. The second kappa shape index (κ2) is 9.43. The van der Waals surface area contributed by atoms with Crippen molar-refractivity contribution in [1.29, 1.82) is 0 Å². The van der Waals surface area contributed by atoms with Gasteiger partial charge in [0.1, 0.15) is 5.60 Å². The van der Waals surface area contributed by atoms with Crippen LogP contribution in [-0.4, -0.2) is 40.6 Å². The average molecular weight is 430 g/mol. The van der Waals surface area contributed by atoms with Crippen molar-refractivity contribution in [3.8, 4) is 0 Å². The zero-order valence-electron chi connectivity index (χ0n) is 17.9. The highest BCUT2D eigenvalue weighted by Gasteiger charge is 2.52. The van der Waals surface area contributed by atoms with Gasteiger partial charge in [-0.05, 0) is 50.4 Å². The van der Waals surface area contributed by atoms with E-state index in [9.17, 15) is 23.2 Å². The fourth-order valence-corrected chi connectivity index (χ4v) is 4.81. The Morgan fingerprint density at radius 1 is 1.20 bits per heavy atom. The molecule has 2 aliphatic carbocycles. The highest BCUT2D eigenvalue weighted by Crippen LogP contribution is 2.48. The quantitative estimate of drug-likeness (QED) is 0.428. The van der Waals surface area contributed by atoms with Crippen LogP contribution in [-0.2, 0) is 23.9 Å². The van der Waals surface area contributed by atoms with Gasteiger partial charge in [-0.2, -0.15) is 8.78 Å². The Morgan fingerprint density at radius 2 is 1.77 bits per heavy atom. The Morgan fingerprint density at radius 3 is 2.23 bits per heavy atom. The third-order valence-corrected chi connectivity index (χ3v) is 6.16. The van der Waals surface area contributed by atoms with Crippen LogP contribution in [0.3, 0.4) is 0 Å². The predicted molar refractivity (Wildman–Crippen MR) is 105 cm³/mol. The second-order valence-electron chi connectivity index (χ2n) is 9.24. The maximum absolute atomic E-state index is 14.0. The van der Waals surface area contributed by atoms with Gasteiger partial charge in [0.25, 0.3) is 0 Å². The summed E-state index contributed by atoms with van der Waals surface area (Å²) in [6, 6.07) is 0. The van der Waals surface area contributed by atoms with Gasteiger partial charge in [-0.3, -0.25) is 4.79 Å². The lowest BCUT2D eigenvalue weighted by atomic mass is 9.65. The molecule has 0 aliphatic heterocycles. The smallest absolute Gasteiger partial charge is 0.378 e. The molecule has 2 saturated carbocycles. The van der Waals surface area contributed by atoms with E-state index in [1.165, 1.54) is 13.8 Å². The van der Waals surface area contributed by atoms with Crippen molar-refractivity contribution in [2.45, 2.75) is 89.8 Å². The largest absolute Gasteiger partial charge is 0.477 e. The number of hydrogen-bond acceptors (Lipinski definition) is 5. The predicted octanol–water partition coefficient (Wildman–Crippen LogP) is 4.51. The number of carboxylic acids is 1. The van der Waals surface area contributed by atoms with Crippen LogP contribution < -0.4 is 0 Å². The second-order valence-corrected chi connectivity index (χ2v) is 9.24.